The van der Waals surface area contributed by atoms with Gasteiger partial charge in [0.05, 0.1) is 27.3 Å². The summed E-state index contributed by atoms with van der Waals surface area (Å²) in [6.07, 6.45) is 0. The predicted molar refractivity (Wildman–Crippen MR) is 32.8 cm³/mol. The molecular weight excluding hydrogens is 116 g/mol. The molecule has 0 aromatic carbocycles. The molecule has 1 rings (SSSR count). The molecule has 1 fully saturated rings. The van der Waals surface area contributed by atoms with E-state index in [-0.39, 0.29) is 0 Å². The minimum absolute atomic E-state index is 0.657. The summed E-state index contributed by atoms with van der Waals surface area (Å²) >= 11 is 0. The smallest absolute Gasteiger partial charge is 0.0619 e. The van der Waals surface area contributed by atoms with Crippen molar-refractivity contribution in [3.63, 3.8) is 0 Å². The second kappa shape index (κ2) is 3.15. The van der Waals surface area contributed by atoms with Crippen LogP contribution < -0.4 is 0 Å². The highest BCUT2D eigenvalue weighted by atomic mass is 16.5. The normalized spacial score (nSPS) is 26.0. The zero-order chi connectivity index (χ0) is 6.69. The fourth-order valence-corrected chi connectivity index (χ4v) is 0.675. The molecule has 0 aromatic heterocycles. The van der Waals surface area contributed by atoms with Gasteiger partial charge in [-0.3, -0.25) is 0 Å². The number of nitrogens with zero attached hydrogens (tertiary/aromatic N) is 2. The predicted octanol–water partition coefficient (Wildman–Crippen LogP) is -0.127. The maximum atomic E-state index is 5.43. The molecule has 0 amide bonds. The molecule has 0 atom stereocenters. The van der Waals surface area contributed by atoms with Crippen molar-refractivity contribution in [2.24, 2.45) is 0 Å². The van der Waals surface area contributed by atoms with Crippen molar-refractivity contribution in [2.75, 3.05) is 26.3 Å². The van der Waals surface area contributed by atoms with Gasteiger partial charge in [0, 0.05) is 13.1 Å². The van der Waals surface area contributed by atoms with E-state index in [1.165, 1.54) is 10.0 Å². The molecule has 0 aromatic rings. The highest BCUT2D eigenvalue weighted by Gasteiger charge is 2.09. The van der Waals surface area contributed by atoms with Gasteiger partial charge < -0.3 is 4.74 Å². The van der Waals surface area contributed by atoms with E-state index in [1.807, 2.05) is 0 Å². The molecule has 0 N–H and O–H groups in total. The Morgan fingerprint density at radius 1 is 1.00 bits per heavy atom. The first-order valence-electron chi connectivity index (χ1n) is 2.93. The van der Waals surface area contributed by atoms with Crippen molar-refractivity contribution < 1.29 is 4.74 Å². The molecule has 3 nitrogen and oxygen atoms in total. The van der Waals surface area contributed by atoms with Crippen molar-refractivity contribution in [3.8, 4) is 0 Å². The molecule has 0 spiro atoms. The number of hydrazine groups is 1. The van der Waals surface area contributed by atoms with Crippen LogP contribution >= 0.6 is 0 Å². The third kappa shape index (κ3) is 1.93. The number of ether oxygens (including phenoxy) is 1. The van der Waals surface area contributed by atoms with E-state index >= 15 is 0 Å². The van der Waals surface area contributed by atoms with Crippen molar-refractivity contribution in [1.29, 1.82) is 0 Å². The van der Waals surface area contributed by atoms with Crippen molar-refractivity contribution >= 4 is 0 Å². The first kappa shape index (κ1) is 6.99. The van der Waals surface area contributed by atoms with Crippen LogP contribution in [0.4, 0.5) is 0 Å². The zero-order valence-electron chi connectivity index (χ0n) is 5.29. The van der Waals surface area contributed by atoms with E-state index < -0.39 is 0 Å². The molecule has 3 heteroatoms. The van der Waals surface area contributed by atoms with Crippen LogP contribution in [0.1, 0.15) is 0 Å². The van der Waals surface area contributed by atoms with Crippen LogP contribution in [0.2, 0.25) is 0 Å². The molecule has 0 saturated carbocycles. The molecule has 0 unspecified atom stereocenters. The Morgan fingerprint density at radius 3 is 1.89 bits per heavy atom. The monoisotopic (exact) mass is 126 g/mol. The fraction of sp³-hybridized carbons (Fsp3) is 0.667. The lowest BCUT2D eigenvalue weighted by Crippen LogP contribution is -2.33. The summed E-state index contributed by atoms with van der Waals surface area (Å²) in [5, 5.41) is 2.90. The van der Waals surface area contributed by atoms with E-state index in [9.17, 15) is 0 Å². The SMILES string of the molecule is [CH]N1CCOCCN1[CH]. The van der Waals surface area contributed by atoms with Gasteiger partial charge in [0.25, 0.3) is 0 Å². The highest BCUT2D eigenvalue weighted by Crippen LogP contribution is 1.97. The molecule has 1 aliphatic heterocycles. The Bertz CT molecular complexity index is 77.1. The van der Waals surface area contributed by atoms with Gasteiger partial charge in [0.15, 0.2) is 0 Å². The minimum Gasteiger partial charge on any atom is -0.379 e. The lowest BCUT2D eigenvalue weighted by Gasteiger charge is -2.22. The Morgan fingerprint density at radius 2 is 1.44 bits per heavy atom. The molecule has 50 valence electrons. The van der Waals surface area contributed by atoms with Crippen LogP contribution in [0.15, 0.2) is 0 Å². The summed E-state index contributed by atoms with van der Waals surface area (Å²) in [7, 11) is 10.9. The largest absolute Gasteiger partial charge is 0.379 e. The van der Waals surface area contributed by atoms with E-state index in [4.69, 9.17) is 18.8 Å². The third-order valence-electron chi connectivity index (χ3n) is 1.26. The molecule has 1 aliphatic rings. The van der Waals surface area contributed by atoms with Gasteiger partial charge in [0.1, 0.15) is 0 Å². The van der Waals surface area contributed by atoms with Crippen LogP contribution in [0.25, 0.3) is 0 Å². The van der Waals surface area contributed by atoms with Gasteiger partial charge in [-0.2, -0.15) is 0 Å². The van der Waals surface area contributed by atoms with Crippen LogP contribution in [-0.4, -0.2) is 36.3 Å². The zero-order valence-corrected chi connectivity index (χ0v) is 5.29. The molecule has 4 radical (unpaired) electrons. The second-order valence-corrected chi connectivity index (χ2v) is 1.94. The summed E-state index contributed by atoms with van der Waals surface area (Å²) in [5.41, 5.74) is 0. The number of hydrogen-bond acceptors (Lipinski definition) is 3. The Balaban J connectivity index is 2.32. The lowest BCUT2D eigenvalue weighted by molar-refractivity contribution is 0.0870. The van der Waals surface area contributed by atoms with Crippen LogP contribution in [0, 0.1) is 14.1 Å². The summed E-state index contributed by atoms with van der Waals surface area (Å²) in [4.78, 5) is 0. The third-order valence-corrected chi connectivity index (χ3v) is 1.26. The van der Waals surface area contributed by atoms with Crippen LogP contribution in [0.3, 0.4) is 0 Å². The second-order valence-electron chi connectivity index (χ2n) is 1.94. The highest BCUT2D eigenvalue weighted by molar-refractivity contribution is 4.58. The summed E-state index contributed by atoms with van der Waals surface area (Å²) < 4.78 is 5.09. The fourth-order valence-electron chi connectivity index (χ4n) is 0.675. The van der Waals surface area contributed by atoms with Crippen molar-refractivity contribution in [3.05, 3.63) is 14.1 Å². The summed E-state index contributed by atoms with van der Waals surface area (Å²) in [6.45, 7) is 2.64. The Labute approximate surface area is 56.2 Å². The van der Waals surface area contributed by atoms with E-state index in [2.05, 4.69) is 0 Å². The maximum Gasteiger partial charge on any atom is 0.0619 e. The van der Waals surface area contributed by atoms with E-state index in [0.717, 1.165) is 0 Å². The molecule has 0 bridgehead atoms. The first-order valence-corrected chi connectivity index (χ1v) is 2.93. The summed E-state index contributed by atoms with van der Waals surface area (Å²) in [5.74, 6) is 0. The average Bonchev–Trinajstić information content (AvgIpc) is 1.99. The van der Waals surface area contributed by atoms with Gasteiger partial charge in [-0.15, -0.1) is 0 Å². The Kier molecular flexibility index (Phi) is 2.45. The van der Waals surface area contributed by atoms with E-state index in [0.29, 0.717) is 26.3 Å². The standard InChI is InChI=1S/C6H10N2O/c1-7-3-5-9-6-4-8(7)2/h1-2H,3-6H2. The van der Waals surface area contributed by atoms with Gasteiger partial charge in [-0.25, -0.2) is 10.0 Å². The minimum atomic E-state index is 0.657. The maximum absolute atomic E-state index is 5.43. The molecule has 1 heterocycles. The first-order chi connectivity index (χ1) is 4.30. The molecular formula is C6H10N2O. The molecule has 9 heavy (non-hydrogen) atoms. The van der Waals surface area contributed by atoms with Crippen molar-refractivity contribution in [2.45, 2.75) is 0 Å². The van der Waals surface area contributed by atoms with Gasteiger partial charge in [0.2, 0.25) is 0 Å². The van der Waals surface area contributed by atoms with Gasteiger partial charge >= 0.3 is 0 Å². The number of rotatable bonds is 0. The topological polar surface area (TPSA) is 15.7 Å². The average molecular weight is 126 g/mol. The number of hydrogen-bond donors (Lipinski definition) is 0. The molecule has 0 aliphatic carbocycles. The van der Waals surface area contributed by atoms with E-state index in [1.54, 1.807) is 0 Å². The van der Waals surface area contributed by atoms with Crippen molar-refractivity contribution in [1.82, 2.24) is 10.0 Å². The lowest BCUT2D eigenvalue weighted by atomic mass is 10.7. The van der Waals surface area contributed by atoms with Crippen LogP contribution in [0.5, 0.6) is 0 Å². The summed E-state index contributed by atoms with van der Waals surface area (Å²) in [6, 6.07) is 0. The Hall–Kier alpha value is -0.120. The van der Waals surface area contributed by atoms with Gasteiger partial charge in [-0.05, 0) is 0 Å². The quantitative estimate of drug-likeness (QED) is 0.450. The van der Waals surface area contributed by atoms with Crippen LogP contribution in [-0.2, 0) is 4.74 Å². The van der Waals surface area contributed by atoms with Gasteiger partial charge in [-0.1, -0.05) is 0 Å². The molecule has 1 saturated heterocycles.